The lowest BCUT2D eigenvalue weighted by molar-refractivity contribution is 0.751. The Balaban J connectivity index is 1.76. The number of nitrogens with one attached hydrogen (secondary N) is 1. The van der Waals surface area contributed by atoms with Crippen molar-refractivity contribution in [3.63, 3.8) is 0 Å². The second-order valence-electron chi connectivity index (χ2n) is 7.00. The largest absolute Gasteiger partial charge is 0.355 e. The van der Waals surface area contributed by atoms with Gasteiger partial charge in [0.2, 0.25) is 0 Å². The van der Waals surface area contributed by atoms with Crippen LogP contribution in [-0.2, 0) is 7.05 Å². The molecule has 1 fully saturated rings. The summed E-state index contributed by atoms with van der Waals surface area (Å²) in [4.78, 5) is 11.4. The van der Waals surface area contributed by atoms with Gasteiger partial charge in [-0.2, -0.15) is 10.2 Å². The number of aliphatic imine (C=N–C) groups is 1. The number of rotatable bonds is 4. The Kier molecular flexibility index (Phi) is 4.79. The summed E-state index contributed by atoms with van der Waals surface area (Å²) >= 11 is 0. The van der Waals surface area contributed by atoms with Gasteiger partial charge in [-0.05, 0) is 24.6 Å². The number of H-pyrrole nitrogens is 1. The van der Waals surface area contributed by atoms with Crippen LogP contribution in [0.25, 0.3) is 24.0 Å². The molecule has 0 aromatic carbocycles. The summed E-state index contributed by atoms with van der Waals surface area (Å²) in [5, 5.41) is 13.2. The Morgan fingerprint density at radius 3 is 2.96 bits per heavy atom. The van der Waals surface area contributed by atoms with Crippen LogP contribution in [-0.4, -0.2) is 56.9 Å². The smallest absolute Gasteiger partial charge is 0.129 e. The number of hydrogen-bond donors (Lipinski definition) is 2. The van der Waals surface area contributed by atoms with Crippen molar-refractivity contribution in [3.8, 4) is 11.4 Å². The monoisotopic (exact) mass is 376 g/mol. The number of aromatic nitrogens is 5. The molecule has 8 heteroatoms. The quantitative estimate of drug-likeness (QED) is 0.627. The minimum Gasteiger partial charge on any atom is -0.355 e. The number of pyridine rings is 1. The third-order valence-corrected chi connectivity index (χ3v) is 4.93. The van der Waals surface area contributed by atoms with Crippen molar-refractivity contribution < 1.29 is 0 Å². The van der Waals surface area contributed by atoms with E-state index in [1.807, 2.05) is 37.5 Å². The maximum atomic E-state index is 6.05. The van der Waals surface area contributed by atoms with Gasteiger partial charge in [0.25, 0.3) is 0 Å². The second kappa shape index (κ2) is 7.40. The molecule has 1 aliphatic rings. The maximum Gasteiger partial charge on any atom is 0.129 e. The number of hydrogen-bond acceptors (Lipinski definition) is 6. The number of aromatic amines is 1. The Hall–Kier alpha value is -3.26. The summed E-state index contributed by atoms with van der Waals surface area (Å²) in [6.07, 6.45) is 6.67. The molecule has 0 spiro atoms. The van der Waals surface area contributed by atoms with E-state index in [0.717, 1.165) is 58.6 Å². The van der Waals surface area contributed by atoms with Crippen LogP contribution in [0.4, 0.5) is 5.82 Å². The Morgan fingerprint density at radius 1 is 1.43 bits per heavy atom. The first-order valence-electron chi connectivity index (χ1n) is 9.24. The van der Waals surface area contributed by atoms with Gasteiger partial charge in [0, 0.05) is 50.2 Å². The van der Waals surface area contributed by atoms with Gasteiger partial charge in [0.05, 0.1) is 23.0 Å². The average molecular weight is 376 g/mol. The summed E-state index contributed by atoms with van der Waals surface area (Å²) in [7, 11) is 3.64. The fraction of sp³-hybridized carbons (Fsp3) is 0.300. The molecule has 0 aliphatic carbocycles. The highest BCUT2D eigenvalue weighted by atomic mass is 15.2. The fourth-order valence-electron chi connectivity index (χ4n) is 3.43. The van der Waals surface area contributed by atoms with Gasteiger partial charge in [0.1, 0.15) is 11.5 Å². The van der Waals surface area contributed by atoms with Crippen LogP contribution in [0.15, 0.2) is 35.6 Å². The van der Waals surface area contributed by atoms with E-state index in [4.69, 9.17) is 10.7 Å². The Labute approximate surface area is 163 Å². The van der Waals surface area contributed by atoms with Crippen molar-refractivity contribution in [3.05, 3.63) is 46.7 Å². The third-order valence-electron chi connectivity index (χ3n) is 4.93. The van der Waals surface area contributed by atoms with E-state index in [0.29, 0.717) is 0 Å². The standard InChI is InChI=1S/C20H24N8/c1-13-16(9-18(22-2)14-10-23-27(3)11-14)20(26-25-13)17-5-4-6-19(24-17)28-8-7-15(21)12-28/h4-6,9-11,15,25H,1,7-8,12,21H2,2-3H3/b16-9+,22-18?/t15-/m1/s1. The molecule has 3 N–H and O–H groups in total. The number of anilines is 1. The highest BCUT2D eigenvalue weighted by Gasteiger charge is 2.20. The molecule has 28 heavy (non-hydrogen) atoms. The number of nitrogens with zero attached hydrogens (tertiary/aromatic N) is 6. The van der Waals surface area contributed by atoms with Crippen molar-refractivity contribution in [2.75, 3.05) is 25.0 Å². The zero-order valence-corrected chi connectivity index (χ0v) is 16.1. The normalized spacial score (nSPS) is 18.2. The molecule has 0 amide bonds. The predicted octanol–water partition coefficient (Wildman–Crippen LogP) is 0.0525. The highest BCUT2D eigenvalue weighted by molar-refractivity contribution is 6.20. The van der Waals surface area contributed by atoms with Crippen LogP contribution >= 0.6 is 0 Å². The first kappa shape index (κ1) is 18.1. The van der Waals surface area contributed by atoms with E-state index >= 15 is 0 Å². The number of nitrogens with two attached hydrogens (primary N) is 1. The molecular formula is C20H24N8. The Morgan fingerprint density at radius 2 is 2.29 bits per heavy atom. The van der Waals surface area contributed by atoms with Gasteiger partial charge in [-0.15, -0.1) is 0 Å². The zero-order valence-electron chi connectivity index (χ0n) is 16.1. The van der Waals surface area contributed by atoms with Crippen LogP contribution in [0.3, 0.4) is 0 Å². The van der Waals surface area contributed by atoms with E-state index in [9.17, 15) is 0 Å². The van der Waals surface area contributed by atoms with Crippen molar-refractivity contribution >= 4 is 24.2 Å². The maximum absolute atomic E-state index is 6.05. The summed E-state index contributed by atoms with van der Waals surface area (Å²) in [5.41, 5.74) is 9.33. The molecule has 1 saturated heterocycles. The predicted molar refractivity (Wildman–Crippen MR) is 112 cm³/mol. The molecule has 0 saturated carbocycles. The van der Waals surface area contributed by atoms with E-state index in [-0.39, 0.29) is 6.04 Å². The SMILES string of the molecule is C=c1[nH]nc(-c2cccc(N3CC[C@@H](N)C3)n2)/c1=C/C(=NC)c1cnn(C)c1. The zero-order chi connectivity index (χ0) is 19.7. The van der Waals surface area contributed by atoms with Crippen LogP contribution < -0.4 is 21.2 Å². The minimum absolute atomic E-state index is 0.203. The molecule has 0 radical (unpaired) electrons. The first-order chi connectivity index (χ1) is 13.5. The summed E-state index contributed by atoms with van der Waals surface area (Å²) in [6, 6.07) is 6.17. The minimum atomic E-state index is 0.203. The van der Waals surface area contributed by atoms with Gasteiger partial charge in [0.15, 0.2) is 0 Å². The molecule has 1 aliphatic heterocycles. The van der Waals surface area contributed by atoms with Crippen molar-refractivity contribution in [1.29, 1.82) is 0 Å². The molecule has 8 nitrogen and oxygen atoms in total. The van der Waals surface area contributed by atoms with Crippen LogP contribution in [0, 0.1) is 0 Å². The Bertz CT molecular complexity index is 1120. The lowest BCUT2D eigenvalue weighted by Crippen LogP contribution is -2.27. The topological polar surface area (TPSA) is 101 Å². The van der Waals surface area contributed by atoms with Gasteiger partial charge < -0.3 is 10.6 Å². The van der Waals surface area contributed by atoms with Gasteiger partial charge in [-0.3, -0.25) is 14.8 Å². The van der Waals surface area contributed by atoms with Crippen molar-refractivity contribution in [2.24, 2.45) is 17.8 Å². The van der Waals surface area contributed by atoms with Crippen molar-refractivity contribution in [1.82, 2.24) is 25.0 Å². The molecule has 0 bridgehead atoms. The van der Waals surface area contributed by atoms with Gasteiger partial charge >= 0.3 is 0 Å². The van der Waals surface area contributed by atoms with Gasteiger partial charge in [-0.1, -0.05) is 12.6 Å². The summed E-state index contributed by atoms with van der Waals surface area (Å²) < 4.78 is 1.75. The van der Waals surface area contributed by atoms with Crippen LogP contribution in [0.5, 0.6) is 0 Å². The van der Waals surface area contributed by atoms with E-state index in [2.05, 4.69) is 31.8 Å². The lowest BCUT2D eigenvalue weighted by Gasteiger charge is -2.17. The van der Waals surface area contributed by atoms with Crippen molar-refractivity contribution in [2.45, 2.75) is 12.5 Å². The molecule has 1 atom stereocenters. The first-order valence-corrected chi connectivity index (χ1v) is 9.24. The van der Waals surface area contributed by atoms with E-state index < -0.39 is 0 Å². The lowest BCUT2D eigenvalue weighted by atomic mass is 10.1. The van der Waals surface area contributed by atoms with E-state index in [1.165, 1.54) is 0 Å². The van der Waals surface area contributed by atoms with Crippen LogP contribution in [0.2, 0.25) is 0 Å². The molecule has 4 heterocycles. The van der Waals surface area contributed by atoms with Gasteiger partial charge in [-0.25, -0.2) is 4.98 Å². The molecular weight excluding hydrogens is 352 g/mol. The van der Waals surface area contributed by atoms with E-state index in [1.54, 1.807) is 17.9 Å². The number of aryl methyl sites for hydroxylation is 1. The molecule has 3 aromatic rings. The third kappa shape index (κ3) is 3.46. The molecule has 3 aromatic heterocycles. The molecule has 0 unspecified atom stereocenters. The van der Waals surface area contributed by atoms with Crippen LogP contribution in [0.1, 0.15) is 12.0 Å². The summed E-state index contributed by atoms with van der Waals surface area (Å²) in [5.74, 6) is 0.918. The average Bonchev–Trinajstić information content (AvgIpc) is 3.41. The molecule has 144 valence electrons. The second-order valence-corrected chi connectivity index (χ2v) is 7.00. The summed E-state index contributed by atoms with van der Waals surface area (Å²) in [6.45, 7) is 5.83. The highest BCUT2D eigenvalue weighted by Crippen LogP contribution is 2.20. The fourth-order valence-corrected chi connectivity index (χ4v) is 3.43. The molecule has 4 rings (SSSR count).